The predicted octanol–water partition coefficient (Wildman–Crippen LogP) is 14.4. The molecule has 0 saturated carbocycles. The minimum absolute atomic E-state index is 0. The first kappa shape index (κ1) is 120. The maximum absolute atomic E-state index is 11.0. The molecule has 81 heavy (non-hydrogen) atoms. The van der Waals surface area contributed by atoms with Gasteiger partial charge in [-0.1, -0.05) is 199 Å². The summed E-state index contributed by atoms with van der Waals surface area (Å²) in [6.45, 7) is 65.9. The summed E-state index contributed by atoms with van der Waals surface area (Å²) in [5.74, 6) is 2.32. The Balaban J connectivity index is -0.0000000461. The van der Waals surface area contributed by atoms with E-state index in [1.165, 1.54) is 26.0 Å². The van der Waals surface area contributed by atoms with E-state index in [1.54, 1.807) is 27.2 Å². The Kier molecular flexibility index (Phi) is 84.4. The molecule has 0 aliphatic heterocycles. The van der Waals surface area contributed by atoms with Gasteiger partial charge in [0, 0.05) is 159 Å². The first-order valence-corrected chi connectivity index (χ1v) is 33.8. The Labute approximate surface area is 587 Å². The molecule has 0 aliphatic rings. The van der Waals surface area contributed by atoms with Crippen LogP contribution in [0.2, 0.25) is 0 Å². The summed E-state index contributed by atoms with van der Waals surface area (Å²) >= 11 is 0. The summed E-state index contributed by atoms with van der Waals surface area (Å²) < 4.78 is 75.2. The van der Waals surface area contributed by atoms with E-state index in [4.69, 9.17) is 4.79 Å². The standard InChI is InChI=1S/C8H16O.C7H15NO.2C7H16O2S.C6H14O2S.C6H14OS.C6H11O.2C5H11.C2H4NO.2CH3.3Y/c1-7(9)5-6-8(2,3)4;1-7(2,3)5-6(9)8-4;1-7(2,3)5-6-10(4,8)9;1-5-10(8,9)6-7(2,3)4;1-6(2,3)5-9(4,7)8;1-6(2,3)5-8(4)7;1-6(2,3)4-5-7;2*1-5(2,3)4;1-3-2-4;;;;;/h5-6H2,1-4H3;5H2,1-4H3,(H,8,9);2*5-6H2,1-4H3;5H2,1-4H3;5H2,1-4H3;4H2,1-3H3;2*1H2,2-4H3;1H3,(H,3,4);2*1H3;;;/q;;;;;;6*-1;;;. The summed E-state index contributed by atoms with van der Waals surface area (Å²) in [5, 5.41) is 4.71. The van der Waals surface area contributed by atoms with Crippen molar-refractivity contribution in [1.29, 1.82) is 0 Å². The zero-order chi connectivity index (χ0) is 64.6. The molecule has 493 valence electrons. The molecule has 0 aliphatic carbocycles. The zero-order valence-electron chi connectivity index (χ0n) is 59.8. The van der Waals surface area contributed by atoms with Gasteiger partial charge in [0.15, 0.2) is 9.84 Å². The minimum atomic E-state index is -2.78. The monoisotopic (exact) mass is 1470 g/mol. The quantitative estimate of drug-likeness (QED) is 0.147. The van der Waals surface area contributed by atoms with E-state index in [9.17, 15) is 43.8 Å². The topological polar surface area (TPSA) is 212 Å². The molecule has 0 aromatic rings. The molecule has 0 aromatic heterocycles. The fourth-order valence-corrected chi connectivity index (χ4v) is 9.29. The van der Waals surface area contributed by atoms with Gasteiger partial charge < -0.3 is 53.7 Å². The van der Waals surface area contributed by atoms with Crippen LogP contribution < -0.4 is 10.6 Å². The van der Waals surface area contributed by atoms with Crippen LogP contribution in [0.5, 0.6) is 0 Å². The Morgan fingerprint density at radius 3 is 0.864 bits per heavy atom. The number of hydrogen-bond donors (Lipinski definition) is 2. The summed E-state index contributed by atoms with van der Waals surface area (Å²) in [4.78, 5) is 39.8. The van der Waals surface area contributed by atoms with E-state index in [2.05, 4.69) is 108 Å². The van der Waals surface area contributed by atoms with Crippen molar-refractivity contribution in [3.05, 3.63) is 28.7 Å². The fraction of sp³-hybridized carbons (Fsp3) is 0.869. The van der Waals surface area contributed by atoms with Crippen molar-refractivity contribution < 1.29 is 147 Å². The molecule has 0 heterocycles. The second kappa shape index (κ2) is 56.8. The molecule has 0 rings (SSSR count). The number of sulfone groups is 3. The Hall–Kier alpha value is 1.59. The van der Waals surface area contributed by atoms with Gasteiger partial charge >= 0.3 is 0 Å². The third kappa shape index (κ3) is 238. The third-order valence-corrected chi connectivity index (χ3v) is 12.3. The van der Waals surface area contributed by atoms with Crippen LogP contribution in [-0.2, 0) is 158 Å². The molecule has 2 N–H and O–H groups in total. The van der Waals surface area contributed by atoms with Gasteiger partial charge in [0.2, 0.25) is 5.91 Å². The second-order valence-corrected chi connectivity index (χ2v) is 38.3. The summed E-state index contributed by atoms with van der Waals surface area (Å²) in [6, 6.07) is 0. The number of carbonyl (C=O) groups excluding carboxylic acids is 4. The summed E-state index contributed by atoms with van der Waals surface area (Å²) in [7, 11) is -5.78. The molecule has 0 bridgehead atoms. The first-order chi connectivity index (χ1) is 32.4. The van der Waals surface area contributed by atoms with Crippen molar-refractivity contribution in [1.82, 2.24) is 10.6 Å². The molecular weight excluding hydrogens is 1330 g/mol. The SMILES string of the molecule is CC(=O)CCC(C)(C)C.CC(C)(C)CCS(C)(=O)=O.CC(C)(C)CS(C)(=O)=O.CC(C)(C)C[C-]=O.CCS(=O)(=O)CC(C)(C)C.CNC(=O)CC(C)(C)C.CN[C-]=O.CS(=O)CC(C)(C)C.[CH2-]C(C)(C)C.[CH2-]C(C)(C)C.[CH3-].[CH3-].[Y].[Y].[Y]. The molecule has 1 unspecified atom stereocenters. The van der Waals surface area contributed by atoms with Gasteiger partial charge in [-0.2, -0.15) is 17.2 Å². The summed E-state index contributed by atoms with van der Waals surface area (Å²) in [6.07, 6.45) is 11.2. The van der Waals surface area contributed by atoms with Crippen LogP contribution in [-0.4, -0.2) is 115 Å². The van der Waals surface area contributed by atoms with E-state index >= 15 is 0 Å². The van der Waals surface area contributed by atoms with Crippen LogP contribution in [0.3, 0.4) is 0 Å². The number of nitrogens with one attached hydrogen (secondary N) is 2. The Bertz CT molecular complexity index is 1810. The van der Waals surface area contributed by atoms with Crippen LogP contribution >= 0.6 is 0 Å². The van der Waals surface area contributed by atoms with Crippen molar-refractivity contribution in [2.75, 3.05) is 61.6 Å². The van der Waals surface area contributed by atoms with Crippen LogP contribution in [0, 0.1) is 77.4 Å². The average Bonchev–Trinajstić information content (AvgIpc) is 3.04. The maximum atomic E-state index is 11.0. The van der Waals surface area contributed by atoms with Gasteiger partial charge in [0.05, 0.1) is 17.3 Å². The van der Waals surface area contributed by atoms with Crippen LogP contribution in [0.25, 0.3) is 0 Å². The van der Waals surface area contributed by atoms with Crippen molar-refractivity contribution in [2.24, 2.45) is 48.7 Å². The van der Waals surface area contributed by atoms with E-state index < -0.39 is 40.3 Å². The number of hydrogen-bond acceptors (Lipinski definition) is 11. The van der Waals surface area contributed by atoms with Crippen molar-refractivity contribution in [3.8, 4) is 0 Å². The minimum Gasteiger partial charge on any atom is -0.542 e. The first-order valence-electron chi connectivity index (χ1n) is 26.1. The predicted molar refractivity (Wildman–Crippen MR) is 350 cm³/mol. The Morgan fingerprint density at radius 1 is 0.519 bits per heavy atom. The molecule has 3 radical (unpaired) electrons. The average molecular weight is 1470 g/mol. The molecular formula is C61H134N2O11S4Y3-6. The third-order valence-electron chi connectivity index (χ3n) is 6.55. The van der Waals surface area contributed by atoms with Crippen LogP contribution in [0.15, 0.2) is 0 Å². The van der Waals surface area contributed by atoms with Gasteiger partial charge in [-0.05, 0) is 59.3 Å². The van der Waals surface area contributed by atoms with Crippen molar-refractivity contribution in [3.63, 3.8) is 0 Å². The largest absolute Gasteiger partial charge is 0.542 e. The number of Topliss-reactive ketones (excluding diaryl/α,β-unsaturated/α-hetero) is 1. The number of carbonyl (C=O) groups is 2. The van der Waals surface area contributed by atoms with E-state index in [0.29, 0.717) is 29.8 Å². The van der Waals surface area contributed by atoms with Gasteiger partial charge in [0.1, 0.15) is 25.5 Å². The van der Waals surface area contributed by atoms with E-state index in [1.807, 2.05) is 110 Å². The number of ketones is 1. The fourth-order valence-electron chi connectivity index (χ4n) is 3.99. The van der Waals surface area contributed by atoms with Crippen LogP contribution in [0.1, 0.15) is 233 Å². The van der Waals surface area contributed by atoms with E-state index in [0.717, 1.165) is 25.0 Å². The van der Waals surface area contributed by atoms with Gasteiger partial charge in [0.25, 0.3) is 0 Å². The van der Waals surface area contributed by atoms with Crippen molar-refractivity contribution in [2.45, 2.75) is 233 Å². The van der Waals surface area contributed by atoms with Gasteiger partial charge in [-0.15, -0.1) is 6.42 Å². The molecule has 0 spiro atoms. The molecule has 2 amide bonds. The molecule has 0 aromatic carbocycles. The number of rotatable bonds is 11. The molecule has 0 fully saturated rings. The summed E-state index contributed by atoms with van der Waals surface area (Å²) in [5.41, 5.74) is 1.19. The maximum Gasteiger partial charge on any atom is 0.220 e. The van der Waals surface area contributed by atoms with Gasteiger partial charge in [-0.25, -0.2) is 25.3 Å². The van der Waals surface area contributed by atoms with Gasteiger partial charge in [-0.3, -0.25) is 15.3 Å². The van der Waals surface area contributed by atoms with Crippen molar-refractivity contribution >= 4 is 64.7 Å². The smallest absolute Gasteiger partial charge is 0.220 e. The molecule has 0 saturated heterocycles. The normalized spacial score (nSPS) is 11.7. The molecule has 20 heteroatoms. The number of amides is 2. The van der Waals surface area contributed by atoms with E-state index in [-0.39, 0.29) is 179 Å². The molecule has 13 nitrogen and oxygen atoms in total. The second-order valence-electron chi connectivity index (χ2n) is 30.1. The molecule has 1 atom stereocenters. The Morgan fingerprint density at radius 2 is 0.815 bits per heavy atom. The zero-order valence-corrected chi connectivity index (χ0v) is 71.6. The van der Waals surface area contributed by atoms with Crippen LogP contribution in [0.4, 0.5) is 0 Å².